The standard InChI is InChI=1S/C18H16N6O3/c1-11-7-8-12(24(26)27)9-14(11)19-10-16-20-21-18-22(2)17(25)13-5-3-4-6-15(13)23(16)18/h3-9,19H,10H2,1-2H3. The number of rotatable bonds is 4. The van der Waals surface area contributed by atoms with Crippen molar-refractivity contribution in [1.82, 2.24) is 19.2 Å². The first-order valence-corrected chi connectivity index (χ1v) is 8.28. The lowest BCUT2D eigenvalue weighted by molar-refractivity contribution is -0.384. The SMILES string of the molecule is Cc1ccc([N+](=O)[O-])cc1NCc1nnc2n(C)c(=O)c3ccccc3n12. The van der Waals surface area contributed by atoms with Crippen molar-refractivity contribution in [2.45, 2.75) is 13.5 Å². The number of nitrogens with one attached hydrogen (secondary N) is 1. The summed E-state index contributed by atoms with van der Waals surface area (Å²) >= 11 is 0. The van der Waals surface area contributed by atoms with Gasteiger partial charge in [-0.15, -0.1) is 10.2 Å². The fourth-order valence-electron chi connectivity index (χ4n) is 3.09. The summed E-state index contributed by atoms with van der Waals surface area (Å²) in [6.07, 6.45) is 0. The average molecular weight is 364 g/mol. The van der Waals surface area contributed by atoms with Crippen LogP contribution < -0.4 is 10.9 Å². The van der Waals surface area contributed by atoms with Crippen LogP contribution in [0.5, 0.6) is 0 Å². The van der Waals surface area contributed by atoms with Gasteiger partial charge in [0.2, 0.25) is 5.78 Å². The molecule has 2 aromatic carbocycles. The van der Waals surface area contributed by atoms with Crippen molar-refractivity contribution in [2.75, 3.05) is 5.32 Å². The van der Waals surface area contributed by atoms with Gasteiger partial charge in [0.15, 0.2) is 5.82 Å². The normalized spacial score (nSPS) is 11.2. The summed E-state index contributed by atoms with van der Waals surface area (Å²) in [6.45, 7) is 2.17. The average Bonchev–Trinajstić information content (AvgIpc) is 3.09. The summed E-state index contributed by atoms with van der Waals surface area (Å²) in [5.41, 5.74) is 2.12. The number of nitro benzene ring substituents is 1. The van der Waals surface area contributed by atoms with Gasteiger partial charge in [-0.25, -0.2) is 0 Å². The van der Waals surface area contributed by atoms with Crippen LogP contribution in [-0.2, 0) is 13.6 Å². The van der Waals surface area contributed by atoms with E-state index in [0.717, 1.165) is 5.56 Å². The molecule has 0 atom stereocenters. The predicted molar refractivity (Wildman–Crippen MR) is 101 cm³/mol. The van der Waals surface area contributed by atoms with Crippen LogP contribution in [0.2, 0.25) is 0 Å². The molecule has 2 aromatic heterocycles. The Morgan fingerprint density at radius 1 is 1.19 bits per heavy atom. The van der Waals surface area contributed by atoms with Crippen LogP contribution in [0.4, 0.5) is 11.4 Å². The van der Waals surface area contributed by atoms with Gasteiger partial charge in [-0.3, -0.25) is 23.9 Å². The molecule has 0 aliphatic rings. The van der Waals surface area contributed by atoms with Gasteiger partial charge in [0.1, 0.15) is 0 Å². The number of anilines is 1. The molecule has 0 spiro atoms. The van der Waals surface area contributed by atoms with E-state index in [4.69, 9.17) is 0 Å². The second-order valence-corrected chi connectivity index (χ2v) is 6.24. The lowest BCUT2D eigenvalue weighted by atomic mass is 10.2. The minimum absolute atomic E-state index is 0.0158. The zero-order valence-electron chi connectivity index (χ0n) is 14.7. The van der Waals surface area contributed by atoms with E-state index in [-0.39, 0.29) is 11.2 Å². The third-order valence-corrected chi connectivity index (χ3v) is 4.56. The highest BCUT2D eigenvalue weighted by atomic mass is 16.6. The van der Waals surface area contributed by atoms with E-state index >= 15 is 0 Å². The van der Waals surface area contributed by atoms with Crippen LogP contribution >= 0.6 is 0 Å². The Kier molecular flexibility index (Phi) is 3.84. The third kappa shape index (κ3) is 2.69. The number of hydrogen-bond donors (Lipinski definition) is 1. The molecule has 0 saturated carbocycles. The van der Waals surface area contributed by atoms with Crippen molar-refractivity contribution in [3.8, 4) is 0 Å². The van der Waals surface area contributed by atoms with Gasteiger partial charge in [-0.2, -0.15) is 0 Å². The molecule has 0 fully saturated rings. The topological polar surface area (TPSA) is 107 Å². The molecule has 1 N–H and O–H groups in total. The first-order valence-electron chi connectivity index (χ1n) is 8.28. The number of nitrogens with zero attached hydrogens (tertiary/aromatic N) is 5. The lowest BCUT2D eigenvalue weighted by Gasteiger charge is -2.10. The highest BCUT2D eigenvalue weighted by molar-refractivity contribution is 5.80. The second-order valence-electron chi connectivity index (χ2n) is 6.24. The maximum atomic E-state index is 12.5. The van der Waals surface area contributed by atoms with Crippen molar-refractivity contribution < 1.29 is 4.92 Å². The molecule has 27 heavy (non-hydrogen) atoms. The van der Waals surface area contributed by atoms with E-state index in [1.807, 2.05) is 29.5 Å². The highest BCUT2D eigenvalue weighted by Gasteiger charge is 2.15. The van der Waals surface area contributed by atoms with Gasteiger partial charge in [0.25, 0.3) is 11.2 Å². The van der Waals surface area contributed by atoms with Gasteiger partial charge < -0.3 is 5.32 Å². The molecule has 4 rings (SSSR count). The molecule has 0 radical (unpaired) electrons. The molecule has 0 aliphatic carbocycles. The van der Waals surface area contributed by atoms with Gasteiger partial charge >= 0.3 is 0 Å². The smallest absolute Gasteiger partial charge is 0.271 e. The maximum absolute atomic E-state index is 12.5. The number of aryl methyl sites for hydroxylation is 2. The first-order chi connectivity index (χ1) is 13.0. The quantitative estimate of drug-likeness (QED) is 0.440. The number of benzene rings is 2. The summed E-state index contributed by atoms with van der Waals surface area (Å²) in [4.78, 5) is 23.1. The van der Waals surface area contributed by atoms with E-state index < -0.39 is 4.92 Å². The Labute approximate surface area is 153 Å². The molecule has 9 heteroatoms. The highest BCUT2D eigenvalue weighted by Crippen LogP contribution is 2.22. The van der Waals surface area contributed by atoms with E-state index in [2.05, 4.69) is 15.5 Å². The number of non-ortho nitro benzene ring substituents is 1. The van der Waals surface area contributed by atoms with Crippen LogP contribution in [0, 0.1) is 17.0 Å². The molecular formula is C18H16N6O3. The zero-order valence-corrected chi connectivity index (χ0v) is 14.7. The van der Waals surface area contributed by atoms with Crippen LogP contribution in [-0.4, -0.2) is 24.1 Å². The molecule has 0 bridgehead atoms. The van der Waals surface area contributed by atoms with Gasteiger partial charge in [-0.05, 0) is 24.6 Å². The third-order valence-electron chi connectivity index (χ3n) is 4.56. The number of nitro groups is 1. The van der Waals surface area contributed by atoms with Crippen LogP contribution in [0.3, 0.4) is 0 Å². The molecule has 9 nitrogen and oxygen atoms in total. The maximum Gasteiger partial charge on any atom is 0.271 e. The van der Waals surface area contributed by atoms with E-state index in [1.165, 1.54) is 16.7 Å². The summed E-state index contributed by atoms with van der Waals surface area (Å²) in [5, 5.41) is 23.1. The van der Waals surface area contributed by atoms with Crippen molar-refractivity contribution in [2.24, 2.45) is 7.05 Å². The van der Waals surface area contributed by atoms with E-state index in [1.54, 1.807) is 19.2 Å². The largest absolute Gasteiger partial charge is 0.377 e. The number of para-hydroxylation sites is 1. The number of aromatic nitrogens is 4. The van der Waals surface area contributed by atoms with E-state index in [9.17, 15) is 14.9 Å². The van der Waals surface area contributed by atoms with Gasteiger partial charge in [0.05, 0.1) is 22.4 Å². The van der Waals surface area contributed by atoms with Crippen LogP contribution in [0.1, 0.15) is 11.4 Å². The van der Waals surface area contributed by atoms with Crippen molar-refractivity contribution in [3.63, 3.8) is 0 Å². The molecule has 0 unspecified atom stereocenters. The monoisotopic (exact) mass is 364 g/mol. The molecule has 136 valence electrons. The lowest BCUT2D eigenvalue weighted by Crippen LogP contribution is -2.20. The molecular weight excluding hydrogens is 348 g/mol. The Hall–Kier alpha value is -3.75. The minimum Gasteiger partial charge on any atom is -0.377 e. The van der Waals surface area contributed by atoms with Crippen molar-refractivity contribution in [3.05, 3.63) is 74.3 Å². The minimum atomic E-state index is -0.430. The van der Waals surface area contributed by atoms with Gasteiger partial charge in [-0.1, -0.05) is 18.2 Å². The molecule has 0 aliphatic heterocycles. The summed E-state index contributed by atoms with van der Waals surface area (Å²) < 4.78 is 3.27. The molecule has 0 saturated heterocycles. The van der Waals surface area contributed by atoms with E-state index in [0.29, 0.717) is 34.7 Å². The predicted octanol–water partition coefficient (Wildman–Crippen LogP) is 2.41. The first kappa shape index (κ1) is 16.7. The molecule has 4 aromatic rings. The Morgan fingerprint density at radius 2 is 1.96 bits per heavy atom. The number of hydrogen-bond acceptors (Lipinski definition) is 6. The zero-order chi connectivity index (χ0) is 19.1. The summed E-state index contributed by atoms with van der Waals surface area (Å²) in [5.74, 6) is 1.04. The number of fused-ring (bicyclic) bond motifs is 3. The van der Waals surface area contributed by atoms with Crippen LogP contribution in [0.25, 0.3) is 16.7 Å². The molecule has 2 heterocycles. The Balaban J connectivity index is 1.79. The van der Waals surface area contributed by atoms with Gasteiger partial charge in [0, 0.05) is 24.9 Å². The molecule has 0 amide bonds. The summed E-state index contributed by atoms with van der Waals surface area (Å²) in [7, 11) is 1.65. The summed E-state index contributed by atoms with van der Waals surface area (Å²) in [6, 6.07) is 11.9. The fourth-order valence-corrected chi connectivity index (χ4v) is 3.09. The Bertz CT molecular complexity index is 1260. The van der Waals surface area contributed by atoms with Crippen molar-refractivity contribution in [1.29, 1.82) is 0 Å². The van der Waals surface area contributed by atoms with Crippen molar-refractivity contribution >= 4 is 28.1 Å². The fraction of sp³-hybridized carbons (Fsp3) is 0.167. The van der Waals surface area contributed by atoms with Crippen LogP contribution in [0.15, 0.2) is 47.3 Å². The Morgan fingerprint density at radius 3 is 2.74 bits per heavy atom. The second kappa shape index (κ2) is 6.20.